The van der Waals surface area contributed by atoms with Gasteiger partial charge in [0, 0.05) is 64.1 Å². The lowest BCUT2D eigenvalue weighted by molar-refractivity contribution is 0.208. The lowest BCUT2D eigenvalue weighted by Crippen LogP contribution is -2.50. The van der Waals surface area contributed by atoms with Crippen LogP contribution in [0.4, 0.5) is 21.9 Å². The van der Waals surface area contributed by atoms with Gasteiger partial charge in [-0.25, -0.2) is 4.79 Å². The fourth-order valence-corrected chi connectivity index (χ4v) is 4.21. The number of carbonyl (C=O) groups excluding carboxylic acids is 1. The zero-order valence-electron chi connectivity index (χ0n) is 17.6. The highest BCUT2D eigenvalue weighted by molar-refractivity contribution is 5.93. The number of aromatic hydroxyl groups is 1. The number of hydrogen-bond acceptors (Lipinski definition) is 5. The van der Waals surface area contributed by atoms with Gasteiger partial charge in [-0.3, -0.25) is 0 Å². The van der Waals surface area contributed by atoms with Crippen LogP contribution in [-0.2, 0) is 0 Å². The van der Waals surface area contributed by atoms with Crippen molar-refractivity contribution in [2.45, 2.75) is 6.92 Å². The lowest BCUT2D eigenvalue weighted by atomic mass is 10.2. The van der Waals surface area contributed by atoms with Gasteiger partial charge >= 0.3 is 6.03 Å². The largest absolute Gasteiger partial charge is 0.508 e. The fraction of sp³-hybridized carbons (Fsp3) is 0.435. The molecule has 2 aliphatic heterocycles. The summed E-state index contributed by atoms with van der Waals surface area (Å²) >= 11 is 0. The Morgan fingerprint density at radius 3 is 2.30 bits per heavy atom. The number of piperazine rings is 2. The zero-order chi connectivity index (χ0) is 20.9. The number of rotatable bonds is 4. The average Bonchev–Trinajstić information content (AvgIpc) is 2.79. The molecule has 0 unspecified atom stereocenters. The third kappa shape index (κ3) is 4.62. The first-order valence-electron chi connectivity index (χ1n) is 10.8. The summed E-state index contributed by atoms with van der Waals surface area (Å²) in [6.07, 6.45) is 0. The average molecular weight is 410 g/mol. The van der Waals surface area contributed by atoms with Crippen molar-refractivity contribution in [3.05, 3.63) is 48.5 Å². The molecule has 2 amide bonds. The first-order valence-corrected chi connectivity index (χ1v) is 10.8. The Hall–Kier alpha value is -2.93. The van der Waals surface area contributed by atoms with E-state index in [1.165, 1.54) is 0 Å². The number of amides is 2. The predicted octanol–water partition coefficient (Wildman–Crippen LogP) is 2.89. The van der Waals surface area contributed by atoms with E-state index in [2.05, 4.69) is 33.0 Å². The van der Waals surface area contributed by atoms with Gasteiger partial charge in [0.05, 0.1) is 11.4 Å². The van der Waals surface area contributed by atoms with Crippen LogP contribution < -0.4 is 15.1 Å². The second kappa shape index (κ2) is 9.26. The minimum absolute atomic E-state index is 0.0507. The van der Waals surface area contributed by atoms with Crippen molar-refractivity contribution in [3.63, 3.8) is 0 Å². The van der Waals surface area contributed by atoms with E-state index in [1.807, 2.05) is 35.2 Å². The summed E-state index contributed by atoms with van der Waals surface area (Å²) < 4.78 is 0. The first-order chi connectivity index (χ1) is 14.6. The van der Waals surface area contributed by atoms with Gasteiger partial charge < -0.3 is 30.0 Å². The molecule has 0 saturated carbocycles. The van der Waals surface area contributed by atoms with Gasteiger partial charge in [0.25, 0.3) is 0 Å². The summed E-state index contributed by atoms with van der Waals surface area (Å²) in [5.41, 5.74) is 2.97. The monoisotopic (exact) mass is 409 g/mol. The number of nitrogens with zero attached hydrogens (tertiary/aromatic N) is 4. The highest BCUT2D eigenvalue weighted by Crippen LogP contribution is 2.27. The van der Waals surface area contributed by atoms with Crippen molar-refractivity contribution < 1.29 is 9.90 Å². The molecule has 0 aromatic heterocycles. The number of likely N-dealkylation sites (N-methyl/N-ethyl adjacent to an activating group) is 1. The van der Waals surface area contributed by atoms with E-state index < -0.39 is 0 Å². The maximum absolute atomic E-state index is 12.9. The Morgan fingerprint density at radius 2 is 1.60 bits per heavy atom. The van der Waals surface area contributed by atoms with Crippen LogP contribution in [0.2, 0.25) is 0 Å². The van der Waals surface area contributed by atoms with E-state index in [0.717, 1.165) is 62.9 Å². The molecule has 0 bridgehead atoms. The number of urea groups is 1. The molecular weight excluding hydrogens is 378 g/mol. The summed E-state index contributed by atoms with van der Waals surface area (Å²) in [5, 5.41) is 12.8. The maximum atomic E-state index is 12.9. The van der Waals surface area contributed by atoms with Crippen LogP contribution in [-0.4, -0.2) is 79.8 Å². The number of hydrogen-bond donors (Lipinski definition) is 2. The molecule has 0 radical (unpaired) electrons. The molecule has 7 nitrogen and oxygen atoms in total. The normalized spacial score (nSPS) is 17.8. The molecule has 2 fully saturated rings. The standard InChI is InChI=1S/C23H31N5O2/c1-2-25-10-12-27(13-11-25)22-9-4-3-8-21(22)24-23(30)28-16-14-26(15-17-28)19-6-5-7-20(29)18-19/h3-9,18,29H,2,10-17H2,1H3,(H,24,30). The number of nitrogens with one attached hydrogen (secondary N) is 1. The van der Waals surface area contributed by atoms with E-state index in [9.17, 15) is 9.90 Å². The van der Waals surface area contributed by atoms with Crippen molar-refractivity contribution in [2.75, 3.05) is 74.0 Å². The Kier molecular flexibility index (Phi) is 6.28. The van der Waals surface area contributed by atoms with Crippen molar-refractivity contribution in [1.82, 2.24) is 9.80 Å². The van der Waals surface area contributed by atoms with Gasteiger partial charge in [0.1, 0.15) is 5.75 Å². The van der Waals surface area contributed by atoms with Crippen molar-refractivity contribution >= 4 is 23.1 Å². The number of phenols is 1. The molecule has 0 spiro atoms. The summed E-state index contributed by atoms with van der Waals surface area (Å²) in [7, 11) is 0. The molecule has 0 aliphatic carbocycles. The fourth-order valence-electron chi connectivity index (χ4n) is 4.21. The molecular formula is C23H31N5O2. The highest BCUT2D eigenvalue weighted by atomic mass is 16.3. The van der Waals surface area contributed by atoms with Crippen LogP contribution in [0, 0.1) is 0 Å². The van der Waals surface area contributed by atoms with Crippen molar-refractivity contribution in [3.8, 4) is 5.75 Å². The Balaban J connectivity index is 1.36. The van der Waals surface area contributed by atoms with Gasteiger partial charge in [-0.05, 0) is 30.8 Å². The molecule has 7 heteroatoms. The number of phenolic OH excluding ortho intramolecular Hbond substituents is 1. The lowest BCUT2D eigenvalue weighted by Gasteiger charge is -2.37. The van der Waals surface area contributed by atoms with Gasteiger partial charge in [-0.1, -0.05) is 25.1 Å². The summed E-state index contributed by atoms with van der Waals surface area (Å²) in [4.78, 5) is 21.8. The van der Waals surface area contributed by atoms with Crippen LogP contribution in [0.5, 0.6) is 5.75 Å². The molecule has 2 aromatic carbocycles. The molecule has 2 saturated heterocycles. The Morgan fingerprint density at radius 1 is 0.900 bits per heavy atom. The minimum atomic E-state index is -0.0507. The maximum Gasteiger partial charge on any atom is 0.322 e. The molecule has 30 heavy (non-hydrogen) atoms. The van der Waals surface area contributed by atoms with Gasteiger partial charge in [-0.15, -0.1) is 0 Å². The number of anilines is 3. The minimum Gasteiger partial charge on any atom is -0.508 e. The van der Waals surface area contributed by atoms with E-state index in [1.54, 1.807) is 12.1 Å². The number of benzene rings is 2. The Bertz CT molecular complexity index is 858. The second-order valence-corrected chi connectivity index (χ2v) is 7.86. The predicted molar refractivity (Wildman–Crippen MR) is 122 cm³/mol. The molecule has 2 aromatic rings. The molecule has 0 atom stereocenters. The van der Waals surface area contributed by atoms with Gasteiger partial charge in [-0.2, -0.15) is 0 Å². The first kappa shape index (κ1) is 20.3. The van der Waals surface area contributed by atoms with Crippen LogP contribution in [0.25, 0.3) is 0 Å². The van der Waals surface area contributed by atoms with Crippen LogP contribution in [0.15, 0.2) is 48.5 Å². The molecule has 4 rings (SSSR count). The molecule has 2 N–H and O–H groups in total. The van der Waals surface area contributed by atoms with Crippen molar-refractivity contribution in [1.29, 1.82) is 0 Å². The quantitative estimate of drug-likeness (QED) is 0.813. The van der Waals surface area contributed by atoms with Crippen LogP contribution in [0.1, 0.15) is 6.92 Å². The van der Waals surface area contributed by atoms with Crippen molar-refractivity contribution in [2.24, 2.45) is 0 Å². The topological polar surface area (TPSA) is 62.3 Å². The molecule has 2 heterocycles. The number of carbonyl (C=O) groups is 1. The summed E-state index contributed by atoms with van der Waals surface area (Å²) in [6, 6.07) is 15.3. The second-order valence-electron chi connectivity index (χ2n) is 7.86. The van der Waals surface area contributed by atoms with E-state index >= 15 is 0 Å². The third-order valence-corrected chi connectivity index (χ3v) is 6.07. The molecule has 160 valence electrons. The molecule has 2 aliphatic rings. The van der Waals surface area contributed by atoms with E-state index in [-0.39, 0.29) is 11.8 Å². The van der Waals surface area contributed by atoms with E-state index in [0.29, 0.717) is 13.1 Å². The van der Waals surface area contributed by atoms with Gasteiger partial charge in [0.2, 0.25) is 0 Å². The highest BCUT2D eigenvalue weighted by Gasteiger charge is 2.23. The Labute approximate surface area is 178 Å². The number of para-hydroxylation sites is 2. The van der Waals surface area contributed by atoms with E-state index in [4.69, 9.17) is 0 Å². The zero-order valence-corrected chi connectivity index (χ0v) is 17.6. The van der Waals surface area contributed by atoms with Crippen LogP contribution >= 0.6 is 0 Å². The summed E-state index contributed by atoms with van der Waals surface area (Å²) in [6.45, 7) is 10.1. The SMILES string of the molecule is CCN1CCN(c2ccccc2NC(=O)N2CCN(c3cccc(O)c3)CC2)CC1. The third-order valence-electron chi connectivity index (χ3n) is 6.07. The van der Waals surface area contributed by atoms with Crippen LogP contribution in [0.3, 0.4) is 0 Å². The summed E-state index contributed by atoms with van der Waals surface area (Å²) in [5.74, 6) is 0.268. The van der Waals surface area contributed by atoms with Gasteiger partial charge in [0.15, 0.2) is 0 Å². The smallest absolute Gasteiger partial charge is 0.322 e.